The fourth-order valence-corrected chi connectivity index (χ4v) is 15.8. The highest BCUT2D eigenvalue weighted by Crippen LogP contribution is 2.89. The van der Waals surface area contributed by atoms with E-state index in [2.05, 4.69) is 34.6 Å². The molecule has 8 fully saturated rings. The van der Waals surface area contributed by atoms with Crippen LogP contribution in [0.25, 0.3) is 0 Å². The maximum absolute atomic E-state index is 12.5. The maximum atomic E-state index is 12.5. The molecule has 19 nitrogen and oxygen atoms in total. The third kappa shape index (κ3) is 7.98. The molecule has 0 aromatic rings. The Morgan fingerprint density at radius 1 is 0.652 bits per heavy atom. The highest BCUT2D eigenvalue weighted by atomic mass is 16.7. The summed E-state index contributed by atoms with van der Waals surface area (Å²) in [5.41, 5.74) is -3.25. The van der Waals surface area contributed by atoms with E-state index >= 15 is 0 Å². The molecule has 0 unspecified atom stereocenters. The minimum atomic E-state index is -1.67. The number of fused-ring (bicyclic) bond motifs is 2. The van der Waals surface area contributed by atoms with Crippen LogP contribution in [0.4, 0.5) is 0 Å². The van der Waals surface area contributed by atoms with Crippen molar-refractivity contribution in [3.05, 3.63) is 0 Å². The summed E-state index contributed by atoms with van der Waals surface area (Å²) in [7, 11) is 0. The van der Waals surface area contributed by atoms with Gasteiger partial charge >= 0.3 is 0 Å². The topological polar surface area (TPSA) is 318 Å². The summed E-state index contributed by atoms with van der Waals surface area (Å²) in [6.45, 7) is 12.5. The molecule has 3 aliphatic heterocycles. The third-order valence-corrected chi connectivity index (χ3v) is 19.4. The average molecular weight is 949 g/mol. The van der Waals surface area contributed by atoms with E-state index in [4.69, 9.17) is 28.4 Å². The van der Waals surface area contributed by atoms with Gasteiger partial charge in [-0.2, -0.15) is 0 Å². The number of hydrogen-bond acceptors (Lipinski definition) is 19. The number of ether oxygens (including phenoxy) is 6. The van der Waals surface area contributed by atoms with Crippen molar-refractivity contribution in [1.82, 2.24) is 0 Å². The van der Waals surface area contributed by atoms with E-state index in [-0.39, 0.29) is 47.5 Å². The summed E-state index contributed by atoms with van der Waals surface area (Å²) in [6.07, 6.45) is -17.2. The van der Waals surface area contributed by atoms with Crippen molar-refractivity contribution in [2.24, 2.45) is 50.7 Å². The summed E-state index contributed by atoms with van der Waals surface area (Å²) < 4.78 is 36.7. The van der Waals surface area contributed by atoms with Gasteiger partial charge in [-0.15, -0.1) is 0 Å². The first-order valence-corrected chi connectivity index (χ1v) is 24.4. The van der Waals surface area contributed by atoms with Crippen LogP contribution in [0.3, 0.4) is 0 Å². The van der Waals surface area contributed by atoms with E-state index < -0.39 is 145 Å². The Balaban J connectivity index is 1.07. The molecule has 382 valence electrons. The van der Waals surface area contributed by atoms with Gasteiger partial charge in [0.2, 0.25) is 0 Å². The van der Waals surface area contributed by atoms with Crippen molar-refractivity contribution in [2.45, 2.75) is 222 Å². The van der Waals surface area contributed by atoms with Crippen LogP contribution in [0.5, 0.6) is 0 Å². The van der Waals surface area contributed by atoms with Crippen LogP contribution in [0.1, 0.15) is 106 Å². The molecule has 8 rings (SSSR count). The lowest BCUT2D eigenvalue weighted by molar-refractivity contribution is -0.322. The lowest BCUT2D eigenvalue weighted by Crippen LogP contribution is -2.63. The third-order valence-electron chi connectivity index (χ3n) is 19.4. The SMILES string of the molecule is C[C@H](CC[C@H](O[C@@H]1O[C@H](CO)[C@@H](O)[C@H](O)[C@H]1O)C(C)(C)O)[C@H]1[C@@H](O[C@@H]2O[C@H](CO)[C@@H](O)[C@H](O)[C@H]2O)C[C@@]2(C)[C@@H]3C[C@H](O)[C@H]4C(C)(C)[C@@H](O[C@@H]5OC[C@@H](O)[C@H](O)[C@H]5O)CC[C@@]45C[C@@]35CC[C@]12C. The van der Waals surface area contributed by atoms with Gasteiger partial charge in [-0.1, -0.05) is 34.6 Å². The van der Waals surface area contributed by atoms with Gasteiger partial charge in [-0.25, -0.2) is 0 Å². The van der Waals surface area contributed by atoms with Crippen LogP contribution >= 0.6 is 0 Å². The molecular formula is C47H80O19. The molecule has 0 aromatic heterocycles. The molecule has 5 aliphatic carbocycles. The molecule has 8 aliphatic rings. The van der Waals surface area contributed by atoms with E-state index in [1.165, 1.54) is 0 Å². The molecule has 0 radical (unpaired) electrons. The minimum absolute atomic E-state index is 0.0418. The second-order valence-corrected chi connectivity index (χ2v) is 23.5. The van der Waals surface area contributed by atoms with Crippen LogP contribution in [-0.4, -0.2) is 202 Å². The van der Waals surface area contributed by atoms with Gasteiger partial charge in [0.1, 0.15) is 67.1 Å². The zero-order valence-corrected chi connectivity index (χ0v) is 39.5. The Bertz CT molecular complexity index is 1700. The average Bonchev–Trinajstić information content (AvgIpc) is 3.84. The number of rotatable bonds is 13. The summed E-state index contributed by atoms with van der Waals surface area (Å²) in [5.74, 6) is -0.506. The van der Waals surface area contributed by atoms with Crippen LogP contribution in [-0.2, 0) is 28.4 Å². The van der Waals surface area contributed by atoms with E-state index in [0.717, 1.165) is 25.7 Å². The van der Waals surface area contributed by atoms with E-state index in [1.807, 2.05) is 0 Å². The number of hydrogen-bond donors (Lipinski definition) is 13. The monoisotopic (exact) mass is 949 g/mol. The summed E-state index contributed by atoms with van der Waals surface area (Å²) in [5, 5.41) is 139. The highest BCUT2D eigenvalue weighted by molar-refractivity contribution is 5.32. The van der Waals surface area contributed by atoms with Crippen LogP contribution in [0, 0.1) is 50.7 Å². The Morgan fingerprint density at radius 2 is 1.24 bits per heavy atom. The molecule has 26 atom stereocenters. The van der Waals surface area contributed by atoms with Crippen LogP contribution in [0.15, 0.2) is 0 Å². The molecule has 13 N–H and O–H groups in total. The molecule has 0 bridgehead atoms. The molecule has 66 heavy (non-hydrogen) atoms. The van der Waals surface area contributed by atoms with E-state index in [9.17, 15) is 66.4 Å². The first-order chi connectivity index (χ1) is 30.7. The van der Waals surface area contributed by atoms with Gasteiger partial charge in [0, 0.05) is 0 Å². The van der Waals surface area contributed by atoms with Gasteiger partial charge in [0.25, 0.3) is 0 Å². The molecule has 3 heterocycles. The van der Waals surface area contributed by atoms with Gasteiger partial charge < -0.3 is 94.8 Å². The van der Waals surface area contributed by atoms with Crippen molar-refractivity contribution in [3.8, 4) is 0 Å². The fourth-order valence-electron chi connectivity index (χ4n) is 15.8. The van der Waals surface area contributed by atoms with Crippen molar-refractivity contribution < 1.29 is 94.8 Å². The van der Waals surface area contributed by atoms with Crippen LogP contribution in [0.2, 0.25) is 0 Å². The van der Waals surface area contributed by atoms with Gasteiger partial charge in [0.15, 0.2) is 18.9 Å². The van der Waals surface area contributed by atoms with E-state index in [0.29, 0.717) is 25.7 Å². The zero-order chi connectivity index (χ0) is 48.4. The normalized spacial score (nSPS) is 54.4. The standard InChI is InChI=1S/C47H80O19/c1-20(8-9-28(43(4,5)60)66-41-37(59)34(56)32(54)25(17-49)64-41)29-23(62-40-36(58)33(55)31(53)24(16-48)63-40)15-45(7)26-14-21(50)38-42(2,3)27(65-39-35(57)30(52)22(51)18-61-39)10-11-47(38)19-46(26,47)13-12-44(29,45)6/h20-41,48-60H,8-19H2,1-7H3/t20-,21+,22-,23+,24-,25-,26+,27+,28+,29+,30+,31-,32-,33+,34+,35-,36-,37-,38+,39+,40-,41+,44-,45+,46+,47-/m1/s1. The first-order valence-electron chi connectivity index (χ1n) is 24.4. The quantitative estimate of drug-likeness (QED) is 0.0924. The number of aliphatic hydroxyl groups is 13. The fraction of sp³-hybridized carbons (Fsp3) is 1.00. The molecule has 5 saturated carbocycles. The van der Waals surface area contributed by atoms with Crippen molar-refractivity contribution in [3.63, 3.8) is 0 Å². The first kappa shape index (κ1) is 51.6. The lowest BCUT2D eigenvalue weighted by atomic mass is 9.41. The largest absolute Gasteiger partial charge is 0.394 e. The summed E-state index contributed by atoms with van der Waals surface area (Å²) in [4.78, 5) is 0. The van der Waals surface area contributed by atoms with Crippen molar-refractivity contribution in [1.29, 1.82) is 0 Å². The molecule has 19 heteroatoms. The van der Waals surface area contributed by atoms with Crippen molar-refractivity contribution in [2.75, 3.05) is 19.8 Å². The van der Waals surface area contributed by atoms with Gasteiger partial charge in [-0.05, 0) is 122 Å². The second kappa shape index (κ2) is 18.1. The van der Waals surface area contributed by atoms with Gasteiger partial charge in [-0.3, -0.25) is 0 Å². The molecular weight excluding hydrogens is 868 g/mol. The van der Waals surface area contributed by atoms with Gasteiger partial charge in [0.05, 0.1) is 49.8 Å². The van der Waals surface area contributed by atoms with Crippen molar-refractivity contribution >= 4 is 0 Å². The molecule has 0 aromatic carbocycles. The second-order valence-electron chi connectivity index (χ2n) is 23.5. The summed E-state index contributed by atoms with van der Waals surface area (Å²) >= 11 is 0. The Kier molecular flexibility index (Phi) is 14.1. The Morgan fingerprint density at radius 3 is 1.85 bits per heavy atom. The Labute approximate surface area is 386 Å². The number of aliphatic hydroxyl groups excluding tert-OH is 12. The maximum Gasteiger partial charge on any atom is 0.187 e. The predicted octanol–water partition coefficient (Wildman–Crippen LogP) is -1.61. The van der Waals surface area contributed by atoms with E-state index in [1.54, 1.807) is 13.8 Å². The smallest absolute Gasteiger partial charge is 0.187 e. The summed E-state index contributed by atoms with van der Waals surface area (Å²) in [6, 6.07) is 0. The molecule has 2 spiro atoms. The lowest BCUT2D eigenvalue weighted by Gasteiger charge is -2.64. The Hall–Kier alpha value is -0.760. The van der Waals surface area contributed by atoms with Crippen LogP contribution < -0.4 is 0 Å². The molecule has 3 saturated heterocycles. The molecule has 0 amide bonds. The zero-order valence-electron chi connectivity index (χ0n) is 39.5. The highest BCUT2D eigenvalue weighted by Gasteiger charge is 2.84. The minimum Gasteiger partial charge on any atom is -0.394 e. The predicted molar refractivity (Wildman–Crippen MR) is 228 cm³/mol.